The Morgan fingerprint density at radius 2 is 0.789 bits per heavy atom. The predicted molar refractivity (Wildman–Crippen MR) is 407 cm³/mol. The number of nitrogens with one attached hydrogen (secondary N) is 11. The Labute approximate surface area is 632 Å². The van der Waals surface area contributed by atoms with Crippen LogP contribution in [-0.4, -0.2) is 192 Å². The lowest BCUT2D eigenvalue weighted by molar-refractivity contribution is -0.143. The molecule has 0 radical (unpaired) electrons. The number of benzene rings is 5. The van der Waals surface area contributed by atoms with Gasteiger partial charge < -0.3 is 103 Å². The molecule has 11 atom stereocenters. The van der Waals surface area contributed by atoms with Crippen LogP contribution < -0.4 is 92.9 Å². The van der Waals surface area contributed by atoms with Gasteiger partial charge >= 0.3 is 5.97 Å². The van der Waals surface area contributed by atoms with Gasteiger partial charge in [-0.2, -0.15) is 0 Å². The average molecular weight is 1510 g/mol. The number of aliphatic carboxylic acids is 1. The lowest BCUT2D eigenvalue weighted by Crippen LogP contribution is -2.61. The maximum atomic E-state index is 15.0. The van der Waals surface area contributed by atoms with Crippen LogP contribution in [-0.2, 0) is 86.4 Å². The number of carbonyl (C=O) groups is 14. The fourth-order valence-corrected chi connectivity index (χ4v) is 12.0. The fraction of sp³-hybridized carbons (Fsp3) is 0.474. The van der Waals surface area contributed by atoms with E-state index in [9.17, 15) is 72.5 Å². The Bertz CT molecular complexity index is 3910. The van der Waals surface area contributed by atoms with Crippen molar-refractivity contribution >= 4 is 104 Å². The number of aliphatic hydroxyl groups is 1. The third kappa shape index (κ3) is 30.3. The van der Waals surface area contributed by atoms with E-state index < -0.39 is 182 Å². The maximum absolute atomic E-state index is 15.0. The summed E-state index contributed by atoms with van der Waals surface area (Å²) in [5.74, 6) is -13.7. The van der Waals surface area contributed by atoms with Gasteiger partial charge in [0.15, 0.2) is 0 Å². The van der Waals surface area contributed by atoms with Crippen LogP contribution in [0.25, 0.3) is 21.5 Å². The monoisotopic (exact) mass is 1510 g/mol. The van der Waals surface area contributed by atoms with Crippen LogP contribution >= 0.6 is 0 Å². The van der Waals surface area contributed by atoms with E-state index in [0.717, 1.165) is 10.8 Å². The second-order valence-electron chi connectivity index (χ2n) is 27.2. The van der Waals surface area contributed by atoms with Crippen molar-refractivity contribution in [3.63, 3.8) is 0 Å². The number of rotatable bonds is 49. The smallest absolute Gasteiger partial charge is 0.328 e. The van der Waals surface area contributed by atoms with Gasteiger partial charge in [-0.3, -0.25) is 62.3 Å². The summed E-state index contributed by atoms with van der Waals surface area (Å²) in [6.07, 6.45) is 0.435. The van der Waals surface area contributed by atoms with Crippen molar-refractivity contribution in [2.24, 2.45) is 40.3 Å². The van der Waals surface area contributed by atoms with Crippen molar-refractivity contribution < 1.29 is 77.3 Å². The lowest BCUT2D eigenvalue weighted by Gasteiger charge is -2.28. The molecule has 5 rings (SSSR count). The summed E-state index contributed by atoms with van der Waals surface area (Å²) >= 11 is 0. The fourth-order valence-electron chi connectivity index (χ4n) is 12.0. The highest BCUT2D eigenvalue weighted by atomic mass is 16.4. The molecule has 5 aromatic carbocycles. The number of hydrogen-bond acceptors (Lipinski definition) is 19. The number of unbranched alkanes of at least 4 members (excludes halogenated alkanes) is 3. The van der Waals surface area contributed by atoms with E-state index in [4.69, 9.17) is 34.4 Å². The van der Waals surface area contributed by atoms with Gasteiger partial charge in [0.1, 0.15) is 60.4 Å². The van der Waals surface area contributed by atoms with Gasteiger partial charge in [-0.05, 0) is 135 Å². The molecule has 0 aliphatic heterocycles. The zero-order valence-corrected chi connectivity index (χ0v) is 61.8. The number of fused-ring (bicyclic) bond motifs is 2. The molecule has 0 heterocycles. The van der Waals surface area contributed by atoms with Gasteiger partial charge in [-0.15, -0.1) is 0 Å². The van der Waals surface area contributed by atoms with E-state index in [1.165, 1.54) is 6.92 Å². The summed E-state index contributed by atoms with van der Waals surface area (Å²) in [6.45, 7) is 4.03. The van der Waals surface area contributed by atoms with Crippen molar-refractivity contribution in [3.05, 3.63) is 132 Å². The number of carbonyl (C=O) groups excluding carboxylic acids is 13. The summed E-state index contributed by atoms with van der Waals surface area (Å²) in [4.78, 5) is 194. The first-order chi connectivity index (χ1) is 52.0. The molecule has 0 fully saturated rings. The van der Waals surface area contributed by atoms with Gasteiger partial charge in [0.25, 0.3) is 0 Å². The summed E-state index contributed by atoms with van der Waals surface area (Å²) in [7, 11) is 0. The third-order valence-electron chi connectivity index (χ3n) is 17.9. The van der Waals surface area contributed by atoms with E-state index in [-0.39, 0.29) is 64.0 Å². The SMILES string of the molecule is CC(C)C[C@@H](NC(=O)[C@H](N)CCCCN)C(=O)N[C@@H](Cc1ccccc1)C(=O)N[C@@H](CC(N)=O)C(=O)N[C@@H](Cc1cccc2ccccc12)C(=O)N[C@@H](CCC(N)=O)C(=O)N[C@@H](C)C(=O)N[C@@H](CCCCN)C(=O)N[C@@H](Cc1cccc2ccccc12)C(=O)N[C@@H](CCCCN)C(=O)NCC(=O)N[C@H](CO)C(=O)O. The standard InChI is InChI=1S/C76H107N17O16/c1-44(2)37-57(89-67(99)53(80)29-11-14-34-77)71(103)90-58(38-46-19-5-4-6-20-46)72(104)93-61(41-64(82)96)75(107)92-60(40-50-26-18-24-48-22-8-10-28-52(48)50)74(106)88-56(32-33-63(81)95)69(101)84-45(3)66(98)86-55(31-13-16-36-79)70(102)91-59(39-49-25-17-23-47-21-7-9-27-51(47)49)73(105)87-54(30-12-15-35-78)68(100)83-42-65(97)85-62(43-94)76(108)109/h4-10,17-28,44-45,53-62,94H,11-16,29-43,77-80H2,1-3H3,(H2,81,95)(H2,82,96)(H,83,100)(H,84,101)(H,85,97)(H,86,98)(H,87,105)(H,88,106)(H,89,99)(H,90,103)(H,91,102)(H,92,107)(H,93,104)(H,108,109)/t45-,53+,54-,55-,56-,57+,58-,59-,60-,61-,62+/m0/s1. The van der Waals surface area contributed by atoms with Gasteiger partial charge in [0.05, 0.1) is 25.6 Å². The Morgan fingerprint density at radius 3 is 1.28 bits per heavy atom. The molecule has 592 valence electrons. The topological polar surface area (TPSA) is 568 Å². The van der Waals surface area contributed by atoms with Crippen molar-refractivity contribution in [1.29, 1.82) is 0 Å². The number of aliphatic hydroxyl groups excluding tert-OH is 1. The molecule has 0 saturated heterocycles. The first-order valence-corrected chi connectivity index (χ1v) is 36.6. The molecule has 0 spiro atoms. The van der Waals surface area contributed by atoms with Crippen molar-refractivity contribution in [2.45, 2.75) is 190 Å². The van der Waals surface area contributed by atoms with Crippen molar-refractivity contribution in [2.75, 3.05) is 32.8 Å². The van der Waals surface area contributed by atoms with Crippen LogP contribution in [0.15, 0.2) is 115 Å². The summed E-state index contributed by atoms with van der Waals surface area (Å²) < 4.78 is 0. The van der Waals surface area contributed by atoms with Crippen LogP contribution in [0.2, 0.25) is 0 Å². The molecular weight excluding hydrogens is 1410 g/mol. The number of amides is 13. The van der Waals surface area contributed by atoms with E-state index in [2.05, 4.69) is 58.5 Å². The minimum atomic E-state index is -1.82. The molecule has 0 aliphatic rings. The molecule has 33 heteroatoms. The largest absolute Gasteiger partial charge is 0.480 e. The van der Waals surface area contributed by atoms with Crippen molar-refractivity contribution in [1.82, 2.24) is 58.5 Å². The Kier molecular flexibility index (Phi) is 37.6. The van der Waals surface area contributed by atoms with Gasteiger partial charge in [0, 0.05) is 25.7 Å². The quantitative estimate of drug-likeness (QED) is 0.0187. The Hall–Kier alpha value is -11.0. The minimum absolute atomic E-state index is 0.00323. The number of nitrogens with two attached hydrogens (primary N) is 6. The zero-order valence-electron chi connectivity index (χ0n) is 61.8. The number of carboxylic acids is 1. The second-order valence-corrected chi connectivity index (χ2v) is 27.2. The van der Waals surface area contributed by atoms with Crippen LogP contribution in [0, 0.1) is 5.92 Å². The first kappa shape index (κ1) is 88.6. The van der Waals surface area contributed by atoms with Gasteiger partial charge in [-0.1, -0.05) is 136 Å². The molecule has 109 heavy (non-hydrogen) atoms. The number of carboxylic acid groups (broad SMARTS) is 1. The van der Waals surface area contributed by atoms with Crippen LogP contribution in [0.5, 0.6) is 0 Å². The van der Waals surface area contributed by atoms with Gasteiger partial charge in [-0.25, -0.2) is 4.79 Å². The molecule has 13 amide bonds. The van der Waals surface area contributed by atoms with E-state index in [0.29, 0.717) is 72.5 Å². The van der Waals surface area contributed by atoms with E-state index in [1.54, 1.807) is 91.0 Å². The van der Waals surface area contributed by atoms with E-state index >= 15 is 4.79 Å². The molecule has 0 bridgehead atoms. The maximum Gasteiger partial charge on any atom is 0.328 e. The minimum Gasteiger partial charge on any atom is -0.480 e. The van der Waals surface area contributed by atoms with Crippen molar-refractivity contribution in [3.8, 4) is 0 Å². The van der Waals surface area contributed by atoms with E-state index in [1.807, 2.05) is 38.1 Å². The molecule has 25 N–H and O–H groups in total. The molecular formula is C76H107N17O16. The van der Waals surface area contributed by atoms with Crippen LogP contribution in [0.1, 0.15) is 121 Å². The highest BCUT2D eigenvalue weighted by Crippen LogP contribution is 2.23. The Balaban J connectivity index is 1.43. The number of hydrogen-bond donors (Lipinski definition) is 19. The molecule has 0 aliphatic carbocycles. The molecule has 5 aromatic rings. The first-order valence-electron chi connectivity index (χ1n) is 36.6. The molecule has 0 saturated carbocycles. The third-order valence-corrected chi connectivity index (χ3v) is 17.9. The van der Waals surface area contributed by atoms with Gasteiger partial charge in [0.2, 0.25) is 76.8 Å². The summed E-state index contributed by atoms with van der Waals surface area (Å²) in [5.41, 5.74) is 36.4. The molecule has 0 aromatic heterocycles. The number of primary amides is 2. The summed E-state index contributed by atoms with van der Waals surface area (Å²) in [5, 5.41) is 49.8. The molecule has 33 nitrogen and oxygen atoms in total. The van der Waals surface area contributed by atoms with Crippen LogP contribution in [0.4, 0.5) is 0 Å². The second kappa shape index (κ2) is 46.3. The zero-order chi connectivity index (χ0) is 80.1. The average Bonchev–Trinajstić information content (AvgIpc) is 0.821. The summed E-state index contributed by atoms with van der Waals surface area (Å²) in [6, 6.07) is 17.1. The normalized spacial score (nSPS) is 14.2. The van der Waals surface area contributed by atoms with Crippen LogP contribution in [0.3, 0.4) is 0 Å². The highest BCUT2D eigenvalue weighted by Gasteiger charge is 2.37. The predicted octanol–water partition coefficient (Wildman–Crippen LogP) is -2.02. The Morgan fingerprint density at radius 1 is 0.385 bits per heavy atom. The molecule has 0 unspecified atom stereocenters. The highest BCUT2D eigenvalue weighted by molar-refractivity contribution is 6.01. The lowest BCUT2D eigenvalue weighted by atomic mass is 9.97.